The van der Waals surface area contributed by atoms with E-state index in [-0.39, 0.29) is 0 Å². The summed E-state index contributed by atoms with van der Waals surface area (Å²) < 4.78 is 0. The first-order valence-corrected chi connectivity index (χ1v) is 7.25. The molecule has 1 heterocycles. The van der Waals surface area contributed by atoms with Crippen LogP contribution in [0.25, 0.3) is 0 Å². The summed E-state index contributed by atoms with van der Waals surface area (Å²) in [5.41, 5.74) is 5.59. The monoisotopic (exact) mass is 261 g/mol. The largest absolute Gasteiger partial charge is 0.311 e. The summed E-state index contributed by atoms with van der Waals surface area (Å²) in [4.78, 5) is 2.39. The van der Waals surface area contributed by atoms with Crippen LogP contribution in [-0.2, 0) is 6.54 Å². The lowest BCUT2D eigenvalue weighted by Crippen LogP contribution is -2.53. The molecule has 0 radical (unpaired) electrons. The van der Waals surface area contributed by atoms with Crippen LogP contribution in [0.3, 0.4) is 0 Å². The van der Waals surface area contributed by atoms with Crippen molar-refractivity contribution < 1.29 is 0 Å². The topological polar surface area (TPSA) is 27.3 Å². The second-order valence-corrected chi connectivity index (χ2v) is 5.91. The van der Waals surface area contributed by atoms with E-state index in [0.29, 0.717) is 6.04 Å². The highest BCUT2D eigenvalue weighted by molar-refractivity contribution is 5.36. The lowest BCUT2D eigenvalue weighted by atomic mass is 10.0. The summed E-state index contributed by atoms with van der Waals surface area (Å²) in [6, 6.07) is 5.18. The van der Waals surface area contributed by atoms with Gasteiger partial charge in [0.1, 0.15) is 0 Å². The number of benzene rings is 1. The van der Waals surface area contributed by atoms with Gasteiger partial charge >= 0.3 is 0 Å². The molecule has 1 aliphatic rings. The molecular weight excluding hydrogens is 234 g/mol. The van der Waals surface area contributed by atoms with Crippen LogP contribution < -0.4 is 10.6 Å². The van der Waals surface area contributed by atoms with Crippen molar-refractivity contribution in [3.63, 3.8) is 0 Å². The van der Waals surface area contributed by atoms with Gasteiger partial charge in [0.05, 0.1) is 0 Å². The third-order valence-electron chi connectivity index (χ3n) is 4.12. The van der Waals surface area contributed by atoms with Crippen LogP contribution in [0.1, 0.15) is 22.3 Å². The molecule has 2 N–H and O–H groups in total. The maximum Gasteiger partial charge on any atom is 0.0320 e. The highest BCUT2D eigenvalue weighted by Crippen LogP contribution is 2.15. The van der Waals surface area contributed by atoms with Gasteiger partial charge in [-0.2, -0.15) is 0 Å². The summed E-state index contributed by atoms with van der Waals surface area (Å²) in [7, 11) is 2.20. The molecule has 3 nitrogen and oxygen atoms in total. The zero-order chi connectivity index (χ0) is 13.8. The van der Waals surface area contributed by atoms with Crippen LogP contribution in [0.15, 0.2) is 12.1 Å². The minimum absolute atomic E-state index is 0.575. The highest BCUT2D eigenvalue weighted by atomic mass is 15.2. The first-order chi connectivity index (χ1) is 9.06. The van der Waals surface area contributed by atoms with Crippen LogP contribution in [-0.4, -0.2) is 44.2 Å². The zero-order valence-corrected chi connectivity index (χ0v) is 12.7. The predicted octanol–water partition coefficient (Wildman–Crippen LogP) is 1.61. The Morgan fingerprint density at radius 2 is 1.95 bits per heavy atom. The van der Waals surface area contributed by atoms with Gasteiger partial charge < -0.3 is 15.5 Å². The summed E-state index contributed by atoms with van der Waals surface area (Å²) in [5.74, 6) is 0. The van der Waals surface area contributed by atoms with Crippen molar-refractivity contribution in [2.45, 2.75) is 33.4 Å². The Balaban J connectivity index is 1.84. The Morgan fingerprint density at radius 3 is 2.68 bits per heavy atom. The molecule has 1 atom stereocenters. The van der Waals surface area contributed by atoms with E-state index >= 15 is 0 Å². The average molecular weight is 261 g/mol. The molecule has 1 aromatic rings. The fraction of sp³-hybridized carbons (Fsp3) is 0.625. The molecule has 0 spiro atoms. The van der Waals surface area contributed by atoms with E-state index < -0.39 is 0 Å². The molecule has 1 fully saturated rings. The maximum absolute atomic E-state index is 3.59. The first-order valence-electron chi connectivity index (χ1n) is 7.25. The normalized spacial score (nSPS) is 20.7. The van der Waals surface area contributed by atoms with Gasteiger partial charge in [0.25, 0.3) is 0 Å². The standard InChI is InChI=1S/C16H27N3/c1-12-7-14(3)15(8-13(12)2)9-17-10-16-11-19(4)6-5-18-16/h7-8,16-18H,5-6,9-11H2,1-4H3. The third-order valence-corrected chi connectivity index (χ3v) is 4.12. The number of aryl methyl sites for hydroxylation is 3. The Morgan fingerprint density at radius 1 is 1.21 bits per heavy atom. The Hall–Kier alpha value is -0.900. The molecule has 19 heavy (non-hydrogen) atoms. The van der Waals surface area contributed by atoms with Crippen LogP contribution in [0.2, 0.25) is 0 Å². The van der Waals surface area contributed by atoms with E-state index in [9.17, 15) is 0 Å². The summed E-state index contributed by atoms with van der Waals surface area (Å²) in [5, 5.41) is 7.16. The van der Waals surface area contributed by atoms with Crippen molar-refractivity contribution in [1.82, 2.24) is 15.5 Å². The molecule has 1 saturated heterocycles. The van der Waals surface area contributed by atoms with Crippen molar-refractivity contribution in [3.8, 4) is 0 Å². The first kappa shape index (κ1) is 14.5. The Labute approximate surface area is 117 Å². The van der Waals surface area contributed by atoms with Crippen molar-refractivity contribution in [2.24, 2.45) is 0 Å². The molecule has 2 rings (SSSR count). The van der Waals surface area contributed by atoms with Gasteiger partial charge in [0, 0.05) is 38.8 Å². The molecule has 1 aliphatic heterocycles. The number of hydrogen-bond acceptors (Lipinski definition) is 3. The summed E-state index contributed by atoms with van der Waals surface area (Å²) >= 11 is 0. The number of likely N-dealkylation sites (N-methyl/N-ethyl adjacent to an activating group) is 1. The quantitative estimate of drug-likeness (QED) is 0.862. The number of nitrogens with one attached hydrogen (secondary N) is 2. The number of piperazine rings is 1. The number of nitrogens with zero attached hydrogens (tertiary/aromatic N) is 1. The van der Waals surface area contributed by atoms with E-state index in [1.165, 1.54) is 22.3 Å². The van der Waals surface area contributed by atoms with E-state index in [1.54, 1.807) is 0 Å². The lowest BCUT2D eigenvalue weighted by Gasteiger charge is -2.31. The molecule has 1 unspecified atom stereocenters. The van der Waals surface area contributed by atoms with Gasteiger partial charge in [-0.25, -0.2) is 0 Å². The van der Waals surface area contributed by atoms with Crippen molar-refractivity contribution in [3.05, 3.63) is 34.4 Å². The second kappa shape index (κ2) is 6.51. The highest BCUT2D eigenvalue weighted by Gasteiger charge is 2.15. The van der Waals surface area contributed by atoms with Gasteiger partial charge in [-0.3, -0.25) is 0 Å². The van der Waals surface area contributed by atoms with Crippen molar-refractivity contribution in [1.29, 1.82) is 0 Å². The van der Waals surface area contributed by atoms with Gasteiger partial charge in [-0.05, 0) is 50.1 Å². The minimum atomic E-state index is 0.575. The third kappa shape index (κ3) is 4.03. The molecule has 1 aromatic carbocycles. The minimum Gasteiger partial charge on any atom is -0.311 e. The van der Waals surface area contributed by atoms with Crippen LogP contribution in [0.5, 0.6) is 0 Å². The maximum atomic E-state index is 3.59. The molecule has 106 valence electrons. The molecule has 0 aromatic heterocycles. The second-order valence-electron chi connectivity index (χ2n) is 5.91. The van der Waals surface area contributed by atoms with E-state index in [1.807, 2.05) is 0 Å². The molecule has 0 aliphatic carbocycles. The molecule has 0 bridgehead atoms. The fourth-order valence-corrected chi connectivity index (χ4v) is 2.72. The van der Waals surface area contributed by atoms with Gasteiger partial charge in [-0.15, -0.1) is 0 Å². The molecular formula is C16H27N3. The van der Waals surface area contributed by atoms with Crippen molar-refractivity contribution >= 4 is 0 Å². The Kier molecular flexibility index (Phi) is 4.97. The zero-order valence-electron chi connectivity index (χ0n) is 12.7. The molecule has 0 saturated carbocycles. The molecule has 0 amide bonds. The van der Waals surface area contributed by atoms with Gasteiger partial charge in [-0.1, -0.05) is 12.1 Å². The SMILES string of the molecule is Cc1cc(C)c(CNCC2CN(C)CCN2)cc1C. The van der Waals surface area contributed by atoms with Gasteiger partial charge in [0.15, 0.2) is 0 Å². The van der Waals surface area contributed by atoms with E-state index in [4.69, 9.17) is 0 Å². The molecule has 3 heteroatoms. The Bertz CT molecular complexity index is 428. The van der Waals surface area contributed by atoms with E-state index in [0.717, 1.165) is 32.7 Å². The van der Waals surface area contributed by atoms with Crippen LogP contribution in [0.4, 0.5) is 0 Å². The predicted molar refractivity (Wildman–Crippen MR) is 81.6 cm³/mol. The van der Waals surface area contributed by atoms with E-state index in [2.05, 4.69) is 55.5 Å². The van der Waals surface area contributed by atoms with Crippen LogP contribution in [0, 0.1) is 20.8 Å². The number of hydrogen-bond donors (Lipinski definition) is 2. The lowest BCUT2D eigenvalue weighted by molar-refractivity contribution is 0.235. The van der Waals surface area contributed by atoms with Crippen LogP contribution >= 0.6 is 0 Å². The smallest absolute Gasteiger partial charge is 0.0320 e. The summed E-state index contributed by atoms with van der Waals surface area (Å²) in [6.07, 6.45) is 0. The average Bonchev–Trinajstić information content (AvgIpc) is 2.35. The number of rotatable bonds is 4. The summed E-state index contributed by atoms with van der Waals surface area (Å²) in [6.45, 7) is 12.0. The van der Waals surface area contributed by atoms with Gasteiger partial charge in [0.2, 0.25) is 0 Å². The van der Waals surface area contributed by atoms with Crippen molar-refractivity contribution in [2.75, 3.05) is 33.2 Å². The fourth-order valence-electron chi connectivity index (χ4n) is 2.72.